The summed E-state index contributed by atoms with van der Waals surface area (Å²) in [5.74, 6) is 0.617. The van der Waals surface area contributed by atoms with Gasteiger partial charge in [-0.05, 0) is 49.5 Å². The minimum Gasteiger partial charge on any atom is -0.387 e. The summed E-state index contributed by atoms with van der Waals surface area (Å²) in [5, 5.41) is 16.7. The average Bonchev–Trinajstić information content (AvgIpc) is 2.96. The molecule has 1 aliphatic heterocycles. The molecule has 2 atom stereocenters. The topological polar surface area (TPSA) is 61.4 Å². The summed E-state index contributed by atoms with van der Waals surface area (Å²) in [6.07, 6.45) is 1.90. The summed E-state index contributed by atoms with van der Waals surface area (Å²) >= 11 is 5.79. The van der Waals surface area contributed by atoms with Crippen LogP contribution in [0.5, 0.6) is 0 Å². The smallest absolute Gasteiger partial charge is 0.220 e. The van der Waals surface area contributed by atoms with Crippen LogP contribution < -0.4 is 10.6 Å². The van der Waals surface area contributed by atoms with Crippen LogP contribution in [0.25, 0.3) is 0 Å². The number of aliphatic hydroxyl groups excluding tert-OH is 1. The lowest BCUT2D eigenvalue weighted by Crippen LogP contribution is -2.28. The Bertz CT molecular complexity index is 430. The van der Waals surface area contributed by atoms with Crippen LogP contribution in [0.2, 0.25) is 5.02 Å². The van der Waals surface area contributed by atoms with E-state index in [9.17, 15) is 9.90 Å². The van der Waals surface area contributed by atoms with Gasteiger partial charge in [-0.3, -0.25) is 4.79 Å². The number of carbonyl (C=O) groups excluding carboxylic acids is 1. The first-order valence-corrected chi connectivity index (χ1v) is 7.44. The van der Waals surface area contributed by atoms with Gasteiger partial charge >= 0.3 is 0 Å². The molecule has 110 valence electrons. The normalized spacial score (nSPS) is 19.8. The number of benzene rings is 1. The Hall–Kier alpha value is -1.10. The molecule has 0 bridgehead atoms. The Morgan fingerprint density at radius 3 is 2.85 bits per heavy atom. The predicted molar refractivity (Wildman–Crippen MR) is 79.6 cm³/mol. The Kier molecular flexibility index (Phi) is 5.83. The van der Waals surface area contributed by atoms with Gasteiger partial charge in [0.15, 0.2) is 0 Å². The second-order valence-electron chi connectivity index (χ2n) is 5.27. The van der Waals surface area contributed by atoms with Crippen molar-refractivity contribution in [2.75, 3.05) is 19.6 Å². The summed E-state index contributed by atoms with van der Waals surface area (Å²) in [4.78, 5) is 11.7. The van der Waals surface area contributed by atoms with Crippen LogP contribution >= 0.6 is 11.6 Å². The first kappa shape index (κ1) is 15.3. The van der Waals surface area contributed by atoms with Gasteiger partial charge in [0.2, 0.25) is 5.91 Å². The van der Waals surface area contributed by atoms with Gasteiger partial charge in [-0.2, -0.15) is 0 Å². The lowest BCUT2D eigenvalue weighted by molar-refractivity contribution is -0.121. The fourth-order valence-corrected chi connectivity index (χ4v) is 2.52. The van der Waals surface area contributed by atoms with E-state index in [2.05, 4.69) is 10.6 Å². The second-order valence-corrected chi connectivity index (χ2v) is 5.71. The molecule has 5 heteroatoms. The van der Waals surface area contributed by atoms with Crippen LogP contribution in [0.1, 0.15) is 30.9 Å². The van der Waals surface area contributed by atoms with Crippen molar-refractivity contribution in [3.05, 3.63) is 34.9 Å². The number of carbonyl (C=O) groups is 1. The van der Waals surface area contributed by atoms with E-state index in [4.69, 9.17) is 11.6 Å². The summed E-state index contributed by atoms with van der Waals surface area (Å²) in [7, 11) is 0. The molecule has 0 radical (unpaired) electrons. The third-order valence-corrected chi connectivity index (χ3v) is 3.94. The maximum absolute atomic E-state index is 11.7. The molecule has 1 aromatic rings. The minimum absolute atomic E-state index is 0.00455. The maximum atomic E-state index is 11.7. The van der Waals surface area contributed by atoms with E-state index in [1.54, 1.807) is 24.3 Å². The highest BCUT2D eigenvalue weighted by atomic mass is 35.5. The Morgan fingerprint density at radius 2 is 2.20 bits per heavy atom. The van der Waals surface area contributed by atoms with Crippen molar-refractivity contribution in [1.29, 1.82) is 0 Å². The molecule has 0 aromatic heterocycles. The number of hydrogen-bond donors (Lipinski definition) is 3. The third kappa shape index (κ3) is 4.78. The van der Waals surface area contributed by atoms with Crippen molar-refractivity contribution >= 4 is 17.5 Å². The molecule has 3 N–H and O–H groups in total. The quantitative estimate of drug-likeness (QED) is 0.751. The number of amides is 1. The number of aliphatic hydroxyl groups is 1. The first-order valence-electron chi connectivity index (χ1n) is 7.06. The fraction of sp³-hybridized carbons (Fsp3) is 0.533. The molecule has 0 aliphatic carbocycles. The van der Waals surface area contributed by atoms with Crippen LogP contribution in [0.4, 0.5) is 0 Å². The molecule has 2 rings (SSSR count). The standard InChI is InChI=1S/C15H21ClN2O2/c16-13-4-2-12(3-5-13)14(19)10-18-15(20)6-1-11-7-8-17-9-11/h2-5,11,14,17,19H,1,6-10H2,(H,18,20). The summed E-state index contributed by atoms with van der Waals surface area (Å²) in [5.41, 5.74) is 0.759. The summed E-state index contributed by atoms with van der Waals surface area (Å²) < 4.78 is 0. The van der Waals surface area contributed by atoms with Gasteiger partial charge in [0.25, 0.3) is 0 Å². The van der Waals surface area contributed by atoms with Gasteiger partial charge in [-0.25, -0.2) is 0 Å². The van der Waals surface area contributed by atoms with E-state index in [0.29, 0.717) is 17.4 Å². The molecule has 0 spiro atoms. The molecule has 1 fully saturated rings. The molecule has 1 amide bonds. The molecule has 4 nitrogen and oxygen atoms in total. The van der Waals surface area contributed by atoms with E-state index in [0.717, 1.165) is 31.5 Å². The van der Waals surface area contributed by atoms with Crippen LogP contribution in [0.3, 0.4) is 0 Å². The first-order chi connectivity index (χ1) is 9.65. The monoisotopic (exact) mass is 296 g/mol. The van der Waals surface area contributed by atoms with Crippen LogP contribution in [-0.2, 0) is 4.79 Å². The molecular formula is C15H21ClN2O2. The van der Waals surface area contributed by atoms with Crippen molar-refractivity contribution in [1.82, 2.24) is 10.6 Å². The van der Waals surface area contributed by atoms with Gasteiger partial charge in [0.1, 0.15) is 0 Å². The van der Waals surface area contributed by atoms with Gasteiger partial charge in [0.05, 0.1) is 6.10 Å². The Morgan fingerprint density at radius 1 is 1.45 bits per heavy atom. The molecule has 0 saturated carbocycles. The van der Waals surface area contributed by atoms with Crippen molar-refractivity contribution < 1.29 is 9.90 Å². The molecule has 1 aliphatic rings. The van der Waals surface area contributed by atoms with E-state index in [1.807, 2.05) is 0 Å². The predicted octanol–water partition coefficient (Wildman–Crippen LogP) is 1.88. The largest absolute Gasteiger partial charge is 0.387 e. The zero-order valence-electron chi connectivity index (χ0n) is 11.4. The lowest BCUT2D eigenvalue weighted by atomic mass is 10.0. The van der Waals surface area contributed by atoms with Crippen molar-refractivity contribution in [3.63, 3.8) is 0 Å². The Labute approximate surface area is 124 Å². The number of hydrogen-bond acceptors (Lipinski definition) is 3. The zero-order valence-corrected chi connectivity index (χ0v) is 12.2. The average molecular weight is 297 g/mol. The van der Waals surface area contributed by atoms with Crippen molar-refractivity contribution in [3.8, 4) is 0 Å². The highest BCUT2D eigenvalue weighted by molar-refractivity contribution is 6.30. The number of nitrogens with one attached hydrogen (secondary N) is 2. The molecule has 2 unspecified atom stereocenters. The zero-order chi connectivity index (χ0) is 14.4. The van der Waals surface area contributed by atoms with E-state index in [-0.39, 0.29) is 12.5 Å². The molecule has 1 heterocycles. The van der Waals surface area contributed by atoms with Gasteiger partial charge in [0, 0.05) is 18.0 Å². The van der Waals surface area contributed by atoms with Gasteiger partial charge in [-0.15, -0.1) is 0 Å². The second kappa shape index (κ2) is 7.62. The van der Waals surface area contributed by atoms with Crippen LogP contribution in [0.15, 0.2) is 24.3 Å². The lowest BCUT2D eigenvalue weighted by Gasteiger charge is -2.13. The Balaban J connectivity index is 1.68. The molecule has 1 saturated heterocycles. The van der Waals surface area contributed by atoms with Gasteiger partial charge in [-0.1, -0.05) is 23.7 Å². The molecule has 1 aromatic carbocycles. The van der Waals surface area contributed by atoms with E-state index in [1.165, 1.54) is 0 Å². The summed E-state index contributed by atoms with van der Waals surface area (Å²) in [6, 6.07) is 7.00. The fourth-order valence-electron chi connectivity index (χ4n) is 2.40. The van der Waals surface area contributed by atoms with Crippen LogP contribution in [0, 0.1) is 5.92 Å². The molecule has 20 heavy (non-hydrogen) atoms. The van der Waals surface area contributed by atoms with Gasteiger partial charge < -0.3 is 15.7 Å². The summed E-state index contributed by atoms with van der Waals surface area (Å²) in [6.45, 7) is 2.31. The minimum atomic E-state index is -0.690. The number of halogens is 1. The highest BCUT2D eigenvalue weighted by Gasteiger charge is 2.16. The maximum Gasteiger partial charge on any atom is 0.220 e. The van der Waals surface area contributed by atoms with E-state index >= 15 is 0 Å². The van der Waals surface area contributed by atoms with Crippen molar-refractivity contribution in [2.45, 2.75) is 25.4 Å². The van der Waals surface area contributed by atoms with E-state index < -0.39 is 6.10 Å². The van der Waals surface area contributed by atoms with Crippen LogP contribution in [-0.4, -0.2) is 30.6 Å². The molecular weight excluding hydrogens is 276 g/mol. The SMILES string of the molecule is O=C(CCC1CCNC1)NCC(O)c1ccc(Cl)cc1. The number of rotatable bonds is 6. The third-order valence-electron chi connectivity index (χ3n) is 3.69. The van der Waals surface area contributed by atoms with Crippen molar-refractivity contribution in [2.24, 2.45) is 5.92 Å². The highest BCUT2D eigenvalue weighted by Crippen LogP contribution is 2.16.